The van der Waals surface area contributed by atoms with Crippen LogP contribution in [0.4, 0.5) is 5.82 Å². The molecule has 1 aliphatic heterocycles. The van der Waals surface area contributed by atoms with E-state index in [1.807, 2.05) is 42.2 Å². The number of benzene rings is 2. The highest BCUT2D eigenvalue weighted by Gasteiger charge is 2.23. The van der Waals surface area contributed by atoms with Crippen LogP contribution < -0.4 is 9.64 Å². The van der Waals surface area contributed by atoms with Crippen molar-refractivity contribution < 1.29 is 9.53 Å². The molecule has 1 saturated heterocycles. The standard InChI is InChI=1S/C22H21ClN4O2/c1-16-2-8-19(9-3-16)29-21-14-20(24-15-25-21)26-10-12-27(13-11-26)22(28)17-4-6-18(23)7-5-17/h2-9,14-15H,10-13H2,1H3. The van der Waals surface area contributed by atoms with Gasteiger partial charge in [0.1, 0.15) is 17.9 Å². The zero-order valence-corrected chi connectivity index (χ0v) is 16.8. The van der Waals surface area contributed by atoms with Gasteiger partial charge in [-0.15, -0.1) is 0 Å². The number of nitrogens with zero attached hydrogens (tertiary/aromatic N) is 4. The number of anilines is 1. The van der Waals surface area contributed by atoms with E-state index in [-0.39, 0.29) is 5.91 Å². The van der Waals surface area contributed by atoms with Crippen molar-refractivity contribution in [1.29, 1.82) is 0 Å². The van der Waals surface area contributed by atoms with Crippen LogP contribution in [0.3, 0.4) is 0 Å². The van der Waals surface area contributed by atoms with E-state index in [2.05, 4.69) is 14.9 Å². The van der Waals surface area contributed by atoms with Crippen molar-refractivity contribution >= 4 is 23.3 Å². The van der Waals surface area contributed by atoms with Crippen LogP contribution in [0.25, 0.3) is 0 Å². The molecule has 2 heterocycles. The Bertz CT molecular complexity index is 984. The number of hydrogen-bond donors (Lipinski definition) is 0. The summed E-state index contributed by atoms with van der Waals surface area (Å²) in [6.07, 6.45) is 1.50. The number of aromatic nitrogens is 2. The van der Waals surface area contributed by atoms with Gasteiger partial charge in [-0.2, -0.15) is 0 Å². The average Bonchev–Trinajstić information content (AvgIpc) is 2.76. The second kappa shape index (κ2) is 8.49. The summed E-state index contributed by atoms with van der Waals surface area (Å²) in [4.78, 5) is 25.2. The van der Waals surface area contributed by atoms with Crippen LogP contribution >= 0.6 is 11.6 Å². The van der Waals surface area contributed by atoms with Crippen molar-refractivity contribution in [3.05, 3.63) is 77.1 Å². The minimum absolute atomic E-state index is 0.0207. The van der Waals surface area contributed by atoms with Gasteiger partial charge in [0, 0.05) is 42.8 Å². The molecule has 148 valence electrons. The van der Waals surface area contributed by atoms with Crippen LogP contribution in [0.1, 0.15) is 15.9 Å². The van der Waals surface area contributed by atoms with Gasteiger partial charge in [0.15, 0.2) is 0 Å². The second-order valence-electron chi connectivity index (χ2n) is 6.92. The molecule has 3 aromatic rings. The molecule has 0 aliphatic carbocycles. The third-order valence-corrected chi connectivity index (χ3v) is 5.10. The number of rotatable bonds is 4. The summed E-state index contributed by atoms with van der Waals surface area (Å²) in [6.45, 7) is 4.67. The normalized spacial score (nSPS) is 14.0. The van der Waals surface area contributed by atoms with Crippen LogP contribution in [-0.4, -0.2) is 47.0 Å². The molecule has 6 nitrogen and oxygen atoms in total. The first-order valence-electron chi connectivity index (χ1n) is 9.45. The highest BCUT2D eigenvalue weighted by atomic mass is 35.5. The molecule has 1 aromatic heterocycles. The van der Waals surface area contributed by atoms with E-state index in [4.69, 9.17) is 16.3 Å². The van der Waals surface area contributed by atoms with Crippen LogP contribution in [0.5, 0.6) is 11.6 Å². The van der Waals surface area contributed by atoms with Gasteiger partial charge >= 0.3 is 0 Å². The summed E-state index contributed by atoms with van der Waals surface area (Å²) < 4.78 is 5.84. The zero-order valence-electron chi connectivity index (χ0n) is 16.1. The number of piperazine rings is 1. The average molecular weight is 409 g/mol. The molecule has 0 atom stereocenters. The quantitative estimate of drug-likeness (QED) is 0.647. The minimum Gasteiger partial charge on any atom is -0.439 e. The molecule has 29 heavy (non-hydrogen) atoms. The Labute approximate surface area is 174 Å². The van der Waals surface area contributed by atoms with Crippen molar-refractivity contribution in [2.24, 2.45) is 0 Å². The number of halogens is 1. The molecule has 0 saturated carbocycles. The van der Waals surface area contributed by atoms with Gasteiger partial charge in [-0.1, -0.05) is 29.3 Å². The molecule has 0 bridgehead atoms. The molecule has 7 heteroatoms. The smallest absolute Gasteiger partial charge is 0.253 e. The molecule has 0 radical (unpaired) electrons. The van der Waals surface area contributed by atoms with Crippen LogP contribution in [-0.2, 0) is 0 Å². The second-order valence-corrected chi connectivity index (χ2v) is 7.35. The maximum Gasteiger partial charge on any atom is 0.253 e. The zero-order chi connectivity index (χ0) is 20.2. The maximum absolute atomic E-state index is 12.7. The SMILES string of the molecule is Cc1ccc(Oc2cc(N3CCN(C(=O)c4ccc(Cl)cc4)CC3)ncn2)cc1. The third kappa shape index (κ3) is 4.66. The number of carbonyl (C=O) groups is 1. The third-order valence-electron chi connectivity index (χ3n) is 4.85. The van der Waals surface area contributed by atoms with E-state index < -0.39 is 0 Å². The van der Waals surface area contributed by atoms with Gasteiger partial charge in [-0.25, -0.2) is 9.97 Å². The molecule has 0 N–H and O–H groups in total. The number of carbonyl (C=O) groups excluding carboxylic acids is 1. The molecule has 2 aromatic carbocycles. The first-order valence-corrected chi connectivity index (χ1v) is 9.83. The summed E-state index contributed by atoms with van der Waals surface area (Å²) in [5, 5.41) is 0.624. The van der Waals surface area contributed by atoms with E-state index in [1.165, 1.54) is 11.9 Å². The first kappa shape index (κ1) is 19.2. The Kier molecular flexibility index (Phi) is 5.62. The van der Waals surface area contributed by atoms with Gasteiger partial charge in [-0.05, 0) is 43.3 Å². The van der Waals surface area contributed by atoms with Gasteiger partial charge < -0.3 is 14.5 Å². The summed E-state index contributed by atoms with van der Waals surface area (Å²) >= 11 is 5.91. The van der Waals surface area contributed by atoms with E-state index >= 15 is 0 Å². The Morgan fingerprint density at radius 2 is 1.66 bits per heavy atom. The number of ether oxygens (including phenoxy) is 1. The van der Waals surface area contributed by atoms with Crippen molar-refractivity contribution in [1.82, 2.24) is 14.9 Å². The minimum atomic E-state index is 0.0207. The lowest BCUT2D eigenvalue weighted by atomic mass is 10.2. The van der Waals surface area contributed by atoms with Crippen molar-refractivity contribution in [2.75, 3.05) is 31.1 Å². The topological polar surface area (TPSA) is 58.6 Å². The van der Waals surface area contributed by atoms with Gasteiger partial charge in [0.2, 0.25) is 5.88 Å². The van der Waals surface area contributed by atoms with Crippen LogP contribution in [0, 0.1) is 6.92 Å². The van der Waals surface area contributed by atoms with E-state index in [1.54, 1.807) is 24.3 Å². The monoisotopic (exact) mass is 408 g/mol. The molecule has 0 spiro atoms. The molecule has 0 unspecified atom stereocenters. The van der Waals surface area contributed by atoms with Gasteiger partial charge in [0.25, 0.3) is 5.91 Å². The molecule has 1 amide bonds. The lowest BCUT2D eigenvalue weighted by molar-refractivity contribution is 0.0746. The fraction of sp³-hybridized carbons (Fsp3) is 0.227. The summed E-state index contributed by atoms with van der Waals surface area (Å²) in [6, 6.07) is 16.6. The largest absolute Gasteiger partial charge is 0.439 e. The molecule has 1 aliphatic rings. The highest BCUT2D eigenvalue weighted by Crippen LogP contribution is 2.23. The predicted molar refractivity (Wildman–Crippen MR) is 113 cm³/mol. The number of aryl methyl sites for hydroxylation is 1. The molecular weight excluding hydrogens is 388 g/mol. The first-order chi connectivity index (χ1) is 14.1. The van der Waals surface area contributed by atoms with Crippen molar-refractivity contribution in [2.45, 2.75) is 6.92 Å². The summed E-state index contributed by atoms with van der Waals surface area (Å²) in [5.41, 5.74) is 1.82. The lowest BCUT2D eigenvalue weighted by Gasteiger charge is -2.35. The van der Waals surface area contributed by atoms with Crippen LogP contribution in [0.15, 0.2) is 60.9 Å². The highest BCUT2D eigenvalue weighted by molar-refractivity contribution is 6.30. The van der Waals surface area contributed by atoms with Crippen molar-refractivity contribution in [3.8, 4) is 11.6 Å². The van der Waals surface area contributed by atoms with Crippen molar-refractivity contribution in [3.63, 3.8) is 0 Å². The molecule has 1 fully saturated rings. The Morgan fingerprint density at radius 1 is 0.966 bits per heavy atom. The maximum atomic E-state index is 12.7. The van der Waals surface area contributed by atoms with Gasteiger partial charge in [-0.3, -0.25) is 4.79 Å². The molecular formula is C22H21ClN4O2. The van der Waals surface area contributed by atoms with E-state index in [9.17, 15) is 4.79 Å². The fourth-order valence-corrected chi connectivity index (χ4v) is 3.33. The predicted octanol–water partition coefficient (Wildman–Crippen LogP) is 4.19. The van der Waals surface area contributed by atoms with E-state index in [0.29, 0.717) is 42.6 Å². The van der Waals surface area contributed by atoms with Crippen LogP contribution in [0.2, 0.25) is 5.02 Å². The summed E-state index contributed by atoms with van der Waals surface area (Å²) in [7, 11) is 0. The lowest BCUT2D eigenvalue weighted by Crippen LogP contribution is -2.49. The number of amides is 1. The Balaban J connectivity index is 1.39. The number of hydrogen-bond acceptors (Lipinski definition) is 5. The fourth-order valence-electron chi connectivity index (χ4n) is 3.20. The Morgan fingerprint density at radius 3 is 2.34 bits per heavy atom. The molecule has 4 rings (SSSR count). The Hall–Kier alpha value is -3.12. The van der Waals surface area contributed by atoms with Gasteiger partial charge in [0.05, 0.1) is 0 Å². The summed E-state index contributed by atoms with van der Waals surface area (Å²) in [5.74, 6) is 2.05. The van der Waals surface area contributed by atoms with E-state index in [0.717, 1.165) is 11.6 Å².